The molecule has 0 unspecified atom stereocenters. The van der Waals surface area contributed by atoms with Gasteiger partial charge in [-0.05, 0) is 87.5 Å². The minimum atomic E-state index is -3.83. The van der Waals surface area contributed by atoms with E-state index in [-0.39, 0.29) is 11.3 Å². The van der Waals surface area contributed by atoms with Gasteiger partial charge in [0, 0.05) is 6.42 Å². The summed E-state index contributed by atoms with van der Waals surface area (Å²) in [5, 5.41) is 4.04. The Kier molecular flexibility index (Phi) is 9.45. The molecule has 0 aliphatic carbocycles. The third-order valence-corrected chi connectivity index (χ3v) is 7.94. The first-order valence-electron chi connectivity index (χ1n) is 10.2. The standard InChI is InChI=1S/C24H23I2N3O4S/c1-16-8-10-19(11-9-16)34(31,32)29-22(18-6-4-3-5-7-18)14-23(30)28-27-15-17-12-20(25)24(33-2)21(26)13-17/h3-13,15,22,29H,14H2,1-2H3,(H,28,30)/b27-15-/t22-/m1/s1. The number of hydrogen-bond acceptors (Lipinski definition) is 5. The number of methoxy groups -OCH3 is 1. The van der Waals surface area contributed by atoms with Crippen molar-refractivity contribution in [3.05, 3.63) is 90.6 Å². The lowest BCUT2D eigenvalue weighted by Gasteiger charge is -2.18. The van der Waals surface area contributed by atoms with Crippen LogP contribution >= 0.6 is 45.2 Å². The lowest BCUT2D eigenvalue weighted by atomic mass is 10.0. The number of aryl methyl sites for hydroxylation is 1. The van der Waals surface area contributed by atoms with Gasteiger partial charge in [-0.25, -0.2) is 18.6 Å². The molecule has 0 fully saturated rings. The summed E-state index contributed by atoms with van der Waals surface area (Å²) in [5.41, 5.74) is 4.92. The highest BCUT2D eigenvalue weighted by Gasteiger charge is 2.23. The number of carbonyl (C=O) groups is 1. The number of nitrogens with zero attached hydrogens (tertiary/aromatic N) is 1. The summed E-state index contributed by atoms with van der Waals surface area (Å²) in [4.78, 5) is 12.8. The smallest absolute Gasteiger partial charge is 0.242 e. The number of hydrazone groups is 1. The van der Waals surface area contributed by atoms with Crippen LogP contribution in [0.1, 0.15) is 29.2 Å². The van der Waals surface area contributed by atoms with E-state index in [2.05, 4.69) is 60.4 Å². The second-order valence-electron chi connectivity index (χ2n) is 7.41. The Morgan fingerprint density at radius 2 is 1.68 bits per heavy atom. The summed E-state index contributed by atoms with van der Waals surface area (Å²) in [6.45, 7) is 1.88. The van der Waals surface area contributed by atoms with Gasteiger partial charge in [0.15, 0.2) is 0 Å². The normalized spacial score (nSPS) is 12.5. The van der Waals surface area contributed by atoms with Crippen LogP contribution in [0, 0.1) is 14.1 Å². The van der Waals surface area contributed by atoms with Gasteiger partial charge in [0.25, 0.3) is 0 Å². The monoisotopic (exact) mass is 703 g/mol. The molecule has 0 saturated heterocycles. The quantitative estimate of drug-likeness (QED) is 0.191. The fraction of sp³-hybridized carbons (Fsp3) is 0.167. The zero-order valence-electron chi connectivity index (χ0n) is 18.5. The molecule has 3 aromatic rings. The van der Waals surface area contributed by atoms with Crippen LogP contribution < -0.4 is 14.9 Å². The highest BCUT2D eigenvalue weighted by atomic mass is 127. The van der Waals surface area contributed by atoms with E-state index < -0.39 is 22.0 Å². The zero-order valence-corrected chi connectivity index (χ0v) is 23.6. The summed E-state index contributed by atoms with van der Waals surface area (Å²) < 4.78 is 35.7. The molecule has 3 rings (SSSR count). The van der Waals surface area contributed by atoms with Crippen LogP contribution in [0.25, 0.3) is 0 Å². The maximum absolute atomic E-state index is 12.9. The van der Waals surface area contributed by atoms with E-state index in [0.29, 0.717) is 5.56 Å². The lowest BCUT2D eigenvalue weighted by Crippen LogP contribution is -2.32. The first-order chi connectivity index (χ1) is 16.2. The minimum absolute atomic E-state index is 0.121. The van der Waals surface area contributed by atoms with Gasteiger partial charge in [-0.15, -0.1) is 0 Å². The molecule has 178 valence electrons. The van der Waals surface area contributed by atoms with Crippen LogP contribution in [0.15, 0.2) is 76.7 Å². The molecule has 0 spiro atoms. The number of sulfonamides is 1. The molecule has 7 nitrogen and oxygen atoms in total. The van der Waals surface area contributed by atoms with Crippen LogP contribution in [0.4, 0.5) is 0 Å². The first-order valence-corrected chi connectivity index (χ1v) is 13.8. The Bertz CT molecular complexity index is 1260. The highest BCUT2D eigenvalue weighted by molar-refractivity contribution is 14.1. The van der Waals surface area contributed by atoms with E-state index >= 15 is 0 Å². The predicted molar refractivity (Wildman–Crippen MR) is 149 cm³/mol. The number of benzene rings is 3. The average Bonchev–Trinajstić information content (AvgIpc) is 2.79. The van der Waals surface area contributed by atoms with E-state index in [1.165, 1.54) is 6.21 Å². The number of amides is 1. The third-order valence-electron chi connectivity index (χ3n) is 4.85. The van der Waals surface area contributed by atoms with Crippen molar-refractivity contribution in [2.45, 2.75) is 24.3 Å². The summed E-state index contributed by atoms with van der Waals surface area (Å²) in [6.07, 6.45) is 1.42. The van der Waals surface area contributed by atoms with Gasteiger partial charge in [0.2, 0.25) is 15.9 Å². The van der Waals surface area contributed by atoms with Crippen molar-refractivity contribution >= 4 is 67.3 Å². The summed E-state index contributed by atoms with van der Waals surface area (Å²) in [6, 6.07) is 18.5. The number of hydrogen-bond donors (Lipinski definition) is 2. The second kappa shape index (κ2) is 12.1. The number of carbonyl (C=O) groups excluding carboxylic acids is 1. The molecule has 0 heterocycles. The molecule has 34 heavy (non-hydrogen) atoms. The van der Waals surface area contributed by atoms with E-state index in [0.717, 1.165) is 24.0 Å². The Hall–Kier alpha value is -2.03. The Balaban J connectivity index is 1.73. The first kappa shape index (κ1) is 26.6. The molecule has 1 atom stereocenters. The molecule has 3 aromatic carbocycles. The van der Waals surface area contributed by atoms with Gasteiger partial charge in [-0.3, -0.25) is 4.79 Å². The van der Waals surface area contributed by atoms with Gasteiger partial charge in [0.05, 0.1) is 31.4 Å². The van der Waals surface area contributed by atoms with Crippen LogP contribution in [0.2, 0.25) is 0 Å². The summed E-state index contributed by atoms with van der Waals surface area (Å²) in [5.74, 6) is 0.364. The molecule has 0 aliphatic heterocycles. The summed E-state index contributed by atoms with van der Waals surface area (Å²) in [7, 11) is -2.22. The van der Waals surface area contributed by atoms with Gasteiger partial charge < -0.3 is 4.74 Å². The molecule has 0 aliphatic rings. The Labute approximate surface area is 226 Å². The van der Waals surface area contributed by atoms with Crippen molar-refractivity contribution in [1.82, 2.24) is 10.1 Å². The molecule has 0 saturated carbocycles. The van der Waals surface area contributed by atoms with Crippen molar-refractivity contribution in [3.8, 4) is 5.75 Å². The molecule has 0 radical (unpaired) electrons. The lowest BCUT2D eigenvalue weighted by molar-refractivity contribution is -0.121. The van der Waals surface area contributed by atoms with Gasteiger partial charge in [-0.2, -0.15) is 5.10 Å². The van der Waals surface area contributed by atoms with Crippen molar-refractivity contribution in [2.24, 2.45) is 5.10 Å². The zero-order chi connectivity index (χ0) is 24.7. The number of halogens is 2. The molecule has 10 heteroatoms. The maximum Gasteiger partial charge on any atom is 0.242 e. The predicted octanol–water partition coefficient (Wildman–Crippen LogP) is 4.77. The SMILES string of the molecule is COc1c(I)cc(/C=N\NC(=O)C[C@@H](NS(=O)(=O)c2ccc(C)cc2)c2ccccc2)cc1I. The third kappa shape index (κ3) is 7.23. The molecular weight excluding hydrogens is 680 g/mol. The van der Waals surface area contributed by atoms with Crippen LogP contribution in [-0.4, -0.2) is 27.6 Å². The van der Waals surface area contributed by atoms with E-state index in [4.69, 9.17) is 4.74 Å². The largest absolute Gasteiger partial charge is 0.495 e. The van der Waals surface area contributed by atoms with Crippen molar-refractivity contribution in [2.75, 3.05) is 7.11 Å². The topological polar surface area (TPSA) is 96.9 Å². The maximum atomic E-state index is 12.9. The van der Waals surface area contributed by atoms with Crippen LogP contribution in [0.5, 0.6) is 5.75 Å². The molecule has 1 amide bonds. The van der Waals surface area contributed by atoms with Gasteiger partial charge in [0.1, 0.15) is 5.75 Å². The van der Waals surface area contributed by atoms with Crippen molar-refractivity contribution < 1.29 is 17.9 Å². The van der Waals surface area contributed by atoms with Crippen LogP contribution in [0.3, 0.4) is 0 Å². The Morgan fingerprint density at radius 1 is 1.06 bits per heavy atom. The van der Waals surface area contributed by atoms with Crippen molar-refractivity contribution in [3.63, 3.8) is 0 Å². The fourth-order valence-corrected chi connectivity index (χ4v) is 6.63. The summed E-state index contributed by atoms with van der Waals surface area (Å²) >= 11 is 4.35. The number of rotatable bonds is 9. The molecule has 0 bridgehead atoms. The minimum Gasteiger partial charge on any atom is -0.495 e. The van der Waals surface area contributed by atoms with Gasteiger partial charge >= 0.3 is 0 Å². The molecule has 2 N–H and O–H groups in total. The second-order valence-corrected chi connectivity index (χ2v) is 11.5. The fourth-order valence-electron chi connectivity index (χ4n) is 3.14. The van der Waals surface area contributed by atoms with E-state index in [1.807, 2.05) is 25.1 Å². The molecular formula is C24H23I2N3O4S. The average molecular weight is 703 g/mol. The Morgan fingerprint density at radius 3 is 2.26 bits per heavy atom. The molecule has 0 aromatic heterocycles. The van der Waals surface area contributed by atoms with E-state index in [1.54, 1.807) is 55.6 Å². The highest BCUT2D eigenvalue weighted by Crippen LogP contribution is 2.28. The number of ether oxygens (including phenoxy) is 1. The van der Waals surface area contributed by atoms with Gasteiger partial charge in [-0.1, -0.05) is 48.0 Å². The number of nitrogens with one attached hydrogen (secondary N) is 2. The van der Waals surface area contributed by atoms with Crippen molar-refractivity contribution in [1.29, 1.82) is 0 Å². The van der Waals surface area contributed by atoms with E-state index in [9.17, 15) is 13.2 Å². The van der Waals surface area contributed by atoms with Crippen LogP contribution in [-0.2, 0) is 14.8 Å².